The van der Waals surface area contributed by atoms with E-state index in [4.69, 9.17) is 9.47 Å². The zero-order chi connectivity index (χ0) is 18.1. The second kappa shape index (κ2) is 10.8. The second-order valence-electron chi connectivity index (χ2n) is 6.57. The van der Waals surface area contributed by atoms with Crippen LogP contribution in [0, 0.1) is 0 Å². The highest BCUT2D eigenvalue weighted by Crippen LogP contribution is 2.23. The van der Waals surface area contributed by atoms with Crippen molar-refractivity contribution in [2.24, 2.45) is 0 Å². The monoisotopic (exact) mass is 345 g/mol. The van der Waals surface area contributed by atoms with Crippen LogP contribution in [0.2, 0.25) is 0 Å². The number of ketones is 1. The Balaban J connectivity index is 2.08. The van der Waals surface area contributed by atoms with Crippen molar-refractivity contribution in [3.05, 3.63) is 0 Å². The van der Waals surface area contributed by atoms with E-state index in [9.17, 15) is 24.9 Å². The van der Waals surface area contributed by atoms with E-state index in [0.29, 0.717) is 6.42 Å². The average molecular weight is 345 g/mol. The number of carboxylic acid groups (broad SMARTS) is 1. The molecule has 1 saturated heterocycles. The van der Waals surface area contributed by atoms with Gasteiger partial charge in [-0.1, -0.05) is 19.3 Å². The Labute approximate surface area is 143 Å². The van der Waals surface area contributed by atoms with Crippen LogP contribution in [0.5, 0.6) is 0 Å². The van der Waals surface area contributed by atoms with Crippen molar-refractivity contribution in [1.82, 2.24) is 0 Å². The maximum atomic E-state index is 11.2. The van der Waals surface area contributed by atoms with E-state index in [2.05, 4.69) is 0 Å². The van der Waals surface area contributed by atoms with Gasteiger partial charge in [0.15, 0.2) is 6.29 Å². The second-order valence-corrected chi connectivity index (χ2v) is 6.57. The number of Topliss-reactive ketones (excluding diaryl/α,β-unsaturated/α-hetero) is 1. The Bertz CT molecular complexity index is 398. The van der Waals surface area contributed by atoms with Gasteiger partial charge in [0.25, 0.3) is 0 Å². The number of aliphatic hydroxyl groups excluding tert-OH is 2. The molecule has 1 aliphatic rings. The van der Waals surface area contributed by atoms with Crippen molar-refractivity contribution in [3.8, 4) is 0 Å². The number of aliphatic hydroxyl groups is 2. The van der Waals surface area contributed by atoms with Gasteiger partial charge in [0, 0.05) is 25.2 Å². The number of ether oxygens (including phenoxy) is 2. The molecule has 1 heterocycles. The van der Waals surface area contributed by atoms with E-state index in [1.54, 1.807) is 6.92 Å². The molecule has 0 spiro atoms. The Morgan fingerprint density at radius 3 is 2.54 bits per heavy atom. The van der Waals surface area contributed by atoms with E-state index in [0.717, 1.165) is 25.7 Å². The van der Waals surface area contributed by atoms with E-state index in [-0.39, 0.29) is 30.8 Å². The lowest BCUT2D eigenvalue weighted by Gasteiger charge is -2.36. The first-order valence-electron chi connectivity index (χ1n) is 8.68. The van der Waals surface area contributed by atoms with Gasteiger partial charge in [0.05, 0.1) is 18.3 Å². The summed E-state index contributed by atoms with van der Waals surface area (Å²) in [6.45, 7) is 3.66. The van der Waals surface area contributed by atoms with Crippen LogP contribution in [-0.2, 0) is 19.1 Å². The molecule has 5 atom stereocenters. The first-order chi connectivity index (χ1) is 11.3. The summed E-state index contributed by atoms with van der Waals surface area (Å²) in [6.07, 6.45) is 1.57. The number of unbranched alkanes of at least 4 members (excludes halogenated alkanes) is 3. The Kier molecular flexibility index (Phi) is 9.43. The average Bonchev–Trinajstić information content (AvgIpc) is 2.47. The van der Waals surface area contributed by atoms with Crippen LogP contribution in [0.3, 0.4) is 0 Å². The highest BCUT2D eigenvalue weighted by atomic mass is 16.7. The predicted octanol–water partition coefficient (Wildman–Crippen LogP) is 0.298. The van der Waals surface area contributed by atoms with Crippen LogP contribution < -0.4 is 5.11 Å². The third-order valence-electron chi connectivity index (χ3n) is 4.21. The zero-order valence-electron chi connectivity index (χ0n) is 14.5. The highest BCUT2D eigenvalue weighted by molar-refractivity contribution is 5.93. The molecule has 7 heteroatoms. The molecule has 0 aromatic heterocycles. The van der Waals surface area contributed by atoms with Gasteiger partial charge in [-0.2, -0.15) is 0 Å². The maximum Gasteiger partial charge on any atom is 0.184 e. The first kappa shape index (κ1) is 21.0. The Hall–Kier alpha value is -1.02. The number of carbonyl (C=O) groups is 2. The van der Waals surface area contributed by atoms with E-state index >= 15 is 0 Å². The third-order valence-corrected chi connectivity index (χ3v) is 4.21. The van der Waals surface area contributed by atoms with Gasteiger partial charge in [-0.25, -0.2) is 0 Å². The zero-order valence-corrected chi connectivity index (χ0v) is 14.5. The number of hydrogen-bond donors (Lipinski definition) is 2. The van der Waals surface area contributed by atoms with Crippen molar-refractivity contribution < 1.29 is 34.4 Å². The summed E-state index contributed by atoms with van der Waals surface area (Å²) >= 11 is 0. The molecule has 0 aliphatic carbocycles. The lowest BCUT2D eigenvalue weighted by molar-refractivity contribution is -0.304. The SMILES string of the molecule is C[C@H](CCCCCCC(=O)CC(=O)[O-])O[C@@H]1O[C@@H](C)[C@H](O)C[C@H]1O. The molecule has 2 N–H and O–H groups in total. The molecule has 1 rings (SSSR count). The van der Waals surface area contributed by atoms with Crippen LogP contribution in [-0.4, -0.2) is 52.7 Å². The maximum absolute atomic E-state index is 11.2. The Morgan fingerprint density at radius 2 is 1.88 bits per heavy atom. The summed E-state index contributed by atoms with van der Waals surface area (Å²) < 4.78 is 11.2. The number of rotatable bonds is 11. The Morgan fingerprint density at radius 1 is 1.21 bits per heavy atom. The fourth-order valence-electron chi connectivity index (χ4n) is 2.72. The fraction of sp³-hybridized carbons (Fsp3) is 0.882. The summed E-state index contributed by atoms with van der Waals surface area (Å²) in [5.74, 6) is -1.61. The van der Waals surface area contributed by atoms with Crippen LogP contribution >= 0.6 is 0 Å². The van der Waals surface area contributed by atoms with E-state index in [1.165, 1.54) is 0 Å². The molecule has 0 saturated carbocycles. The van der Waals surface area contributed by atoms with Crippen molar-refractivity contribution in [2.75, 3.05) is 0 Å². The van der Waals surface area contributed by atoms with Gasteiger partial charge in [-0.15, -0.1) is 0 Å². The van der Waals surface area contributed by atoms with Crippen molar-refractivity contribution >= 4 is 11.8 Å². The number of carboxylic acids is 1. The summed E-state index contributed by atoms with van der Waals surface area (Å²) in [5, 5.41) is 29.7. The molecule has 0 radical (unpaired) electrons. The smallest absolute Gasteiger partial charge is 0.184 e. The van der Waals surface area contributed by atoms with Gasteiger partial charge < -0.3 is 29.6 Å². The summed E-state index contributed by atoms with van der Waals surface area (Å²) in [7, 11) is 0. The van der Waals surface area contributed by atoms with Crippen molar-refractivity contribution in [1.29, 1.82) is 0 Å². The van der Waals surface area contributed by atoms with E-state index in [1.807, 2.05) is 6.92 Å². The van der Waals surface area contributed by atoms with Crippen LogP contribution in [0.4, 0.5) is 0 Å². The minimum atomic E-state index is -1.32. The first-order valence-corrected chi connectivity index (χ1v) is 8.68. The normalized spacial score (nSPS) is 28.5. The van der Waals surface area contributed by atoms with Gasteiger partial charge in [-0.3, -0.25) is 4.79 Å². The molecular formula is C17H29O7-. The van der Waals surface area contributed by atoms with Crippen LogP contribution in [0.25, 0.3) is 0 Å². The van der Waals surface area contributed by atoms with Crippen molar-refractivity contribution in [3.63, 3.8) is 0 Å². The molecule has 1 fully saturated rings. The lowest BCUT2D eigenvalue weighted by Crippen LogP contribution is -2.48. The topological polar surface area (TPSA) is 116 Å². The molecule has 0 amide bonds. The fourth-order valence-corrected chi connectivity index (χ4v) is 2.72. The predicted molar refractivity (Wildman–Crippen MR) is 83.8 cm³/mol. The van der Waals surface area contributed by atoms with Gasteiger partial charge in [0.2, 0.25) is 0 Å². The standard InChI is InChI=1S/C17H30O7/c1-11(23-17-15(20)10-14(19)12(2)24-17)7-5-3-4-6-8-13(18)9-16(21)22/h11-12,14-15,17,19-20H,3-10H2,1-2H3,(H,21,22)/p-1/t11-,12+,14-,15-,17-/m1/s1. The number of carbonyl (C=O) groups excluding carboxylic acids is 2. The molecule has 7 nitrogen and oxygen atoms in total. The number of aliphatic carboxylic acids is 1. The van der Waals surface area contributed by atoms with Crippen LogP contribution in [0.1, 0.15) is 65.2 Å². The molecular weight excluding hydrogens is 316 g/mol. The minimum Gasteiger partial charge on any atom is -0.550 e. The van der Waals surface area contributed by atoms with Crippen LogP contribution in [0.15, 0.2) is 0 Å². The third kappa shape index (κ3) is 8.19. The molecule has 24 heavy (non-hydrogen) atoms. The molecule has 1 aliphatic heterocycles. The largest absolute Gasteiger partial charge is 0.550 e. The molecule has 0 aromatic carbocycles. The lowest BCUT2D eigenvalue weighted by atomic mass is 10.0. The van der Waals surface area contributed by atoms with Gasteiger partial charge >= 0.3 is 0 Å². The molecule has 140 valence electrons. The minimum absolute atomic E-state index is 0.0770. The summed E-state index contributed by atoms with van der Waals surface area (Å²) in [5.41, 5.74) is 0. The van der Waals surface area contributed by atoms with Gasteiger partial charge in [0.1, 0.15) is 11.9 Å². The molecule has 0 aromatic rings. The van der Waals surface area contributed by atoms with Gasteiger partial charge in [-0.05, 0) is 26.7 Å². The molecule has 0 unspecified atom stereocenters. The number of hydrogen-bond acceptors (Lipinski definition) is 7. The highest BCUT2D eigenvalue weighted by Gasteiger charge is 2.35. The van der Waals surface area contributed by atoms with E-state index < -0.39 is 30.9 Å². The summed E-state index contributed by atoms with van der Waals surface area (Å²) in [4.78, 5) is 21.5. The molecule has 0 bridgehead atoms. The van der Waals surface area contributed by atoms with Crippen molar-refractivity contribution in [2.45, 2.75) is 95.9 Å². The summed E-state index contributed by atoms with van der Waals surface area (Å²) in [6, 6.07) is 0. The quantitative estimate of drug-likeness (QED) is 0.408.